The molecular formula is C15H19BO2. The summed E-state index contributed by atoms with van der Waals surface area (Å²) in [6, 6.07) is 3.68. The van der Waals surface area contributed by atoms with Crippen LogP contribution in [0.25, 0.3) is 0 Å². The average Bonchev–Trinajstić information content (AvgIpc) is 2.33. The van der Waals surface area contributed by atoms with Crippen molar-refractivity contribution in [3.05, 3.63) is 66.8 Å². The molecule has 1 aromatic carbocycles. The summed E-state index contributed by atoms with van der Waals surface area (Å²) in [7, 11) is -1.46. The second-order valence-electron chi connectivity index (χ2n) is 4.12. The van der Waals surface area contributed by atoms with Gasteiger partial charge in [0.05, 0.1) is 0 Å². The number of allylic oxidation sites excluding steroid dienone is 3. The molecule has 0 amide bonds. The molecule has 3 heteroatoms. The Kier molecular flexibility index (Phi) is 5.63. The molecule has 1 aromatic rings. The van der Waals surface area contributed by atoms with Gasteiger partial charge >= 0.3 is 7.12 Å². The highest BCUT2D eigenvalue weighted by atomic mass is 16.4. The molecule has 94 valence electrons. The first kappa shape index (κ1) is 14.5. The van der Waals surface area contributed by atoms with Crippen LogP contribution >= 0.6 is 0 Å². The van der Waals surface area contributed by atoms with E-state index in [0.717, 1.165) is 23.1 Å². The van der Waals surface area contributed by atoms with Gasteiger partial charge < -0.3 is 10.0 Å². The van der Waals surface area contributed by atoms with E-state index in [2.05, 4.69) is 19.7 Å². The minimum absolute atomic E-state index is 0.541. The van der Waals surface area contributed by atoms with E-state index >= 15 is 0 Å². The minimum Gasteiger partial charge on any atom is -0.423 e. The Morgan fingerprint density at radius 3 is 1.94 bits per heavy atom. The molecule has 0 radical (unpaired) electrons. The van der Waals surface area contributed by atoms with E-state index in [-0.39, 0.29) is 0 Å². The lowest BCUT2D eigenvalue weighted by atomic mass is 9.73. The third-order valence-corrected chi connectivity index (χ3v) is 2.90. The maximum absolute atomic E-state index is 9.42. The van der Waals surface area contributed by atoms with Crippen molar-refractivity contribution in [2.45, 2.75) is 19.3 Å². The van der Waals surface area contributed by atoms with Gasteiger partial charge in [-0.05, 0) is 41.4 Å². The van der Waals surface area contributed by atoms with Crippen LogP contribution in [0.2, 0.25) is 0 Å². The highest BCUT2D eigenvalue weighted by molar-refractivity contribution is 6.59. The molecule has 0 aromatic heterocycles. The van der Waals surface area contributed by atoms with Crippen molar-refractivity contribution >= 4 is 12.6 Å². The molecule has 0 unspecified atom stereocenters. The van der Waals surface area contributed by atoms with E-state index in [4.69, 9.17) is 0 Å². The molecule has 0 aliphatic heterocycles. The van der Waals surface area contributed by atoms with Gasteiger partial charge in [-0.25, -0.2) is 0 Å². The molecule has 1 rings (SSSR count). The summed E-state index contributed by atoms with van der Waals surface area (Å²) >= 11 is 0. The number of hydrogen-bond donors (Lipinski definition) is 2. The van der Waals surface area contributed by atoms with Crippen molar-refractivity contribution in [2.75, 3.05) is 0 Å². The van der Waals surface area contributed by atoms with Gasteiger partial charge in [0.1, 0.15) is 0 Å². The van der Waals surface area contributed by atoms with Gasteiger partial charge in [0.15, 0.2) is 0 Å². The molecule has 0 saturated carbocycles. The van der Waals surface area contributed by atoms with Crippen LogP contribution in [-0.2, 0) is 19.3 Å². The Bertz CT molecular complexity index is 450. The quantitative estimate of drug-likeness (QED) is 0.562. The van der Waals surface area contributed by atoms with Crippen LogP contribution in [0.5, 0.6) is 0 Å². The standard InChI is InChI=1S/C15H19BO2/c1-4-7-12-10-11-15(16(17)18)14(9-6-3)13(12)8-5-2/h4-6,10-11,17-18H,1-3,7-9H2. The fourth-order valence-electron chi connectivity index (χ4n) is 2.13. The topological polar surface area (TPSA) is 40.5 Å². The van der Waals surface area contributed by atoms with E-state index < -0.39 is 7.12 Å². The normalized spacial score (nSPS) is 9.89. The Hall–Kier alpha value is -1.58. The maximum atomic E-state index is 9.42. The SMILES string of the molecule is C=CCc1ccc(B(O)O)c(CC=C)c1CC=C. The van der Waals surface area contributed by atoms with Gasteiger partial charge in [-0.1, -0.05) is 30.4 Å². The van der Waals surface area contributed by atoms with Crippen molar-refractivity contribution in [1.29, 1.82) is 0 Å². The molecular weight excluding hydrogens is 223 g/mol. The summed E-state index contributed by atoms with van der Waals surface area (Å²) in [6.07, 6.45) is 7.51. The van der Waals surface area contributed by atoms with Crippen LogP contribution in [0.4, 0.5) is 0 Å². The number of hydrogen-bond acceptors (Lipinski definition) is 2. The fraction of sp³-hybridized carbons (Fsp3) is 0.200. The van der Waals surface area contributed by atoms with Crippen LogP contribution in [0.3, 0.4) is 0 Å². The summed E-state index contributed by atoms with van der Waals surface area (Å²) in [5.74, 6) is 0. The molecule has 0 fully saturated rings. The van der Waals surface area contributed by atoms with E-state index in [1.165, 1.54) is 0 Å². The van der Waals surface area contributed by atoms with Gasteiger partial charge in [-0.2, -0.15) is 0 Å². The first-order valence-corrected chi connectivity index (χ1v) is 5.98. The van der Waals surface area contributed by atoms with Crippen LogP contribution in [0.15, 0.2) is 50.1 Å². The lowest BCUT2D eigenvalue weighted by molar-refractivity contribution is 0.425. The molecule has 2 N–H and O–H groups in total. The van der Waals surface area contributed by atoms with Crippen LogP contribution < -0.4 is 5.46 Å². The van der Waals surface area contributed by atoms with Gasteiger partial charge in [0.2, 0.25) is 0 Å². The summed E-state index contributed by atoms with van der Waals surface area (Å²) in [5, 5.41) is 18.8. The summed E-state index contributed by atoms with van der Waals surface area (Å²) in [6.45, 7) is 11.2. The number of benzene rings is 1. The fourth-order valence-corrected chi connectivity index (χ4v) is 2.13. The molecule has 0 aliphatic rings. The van der Waals surface area contributed by atoms with Crippen LogP contribution in [0.1, 0.15) is 16.7 Å². The largest absolute Gasteiger partial charge is 0.488 e. The summed E-state index contributed by atoms with van der Waals surface area (Å²) in [5.41, 5.74) is 3.71. The molecule has 0 heterocycles. The third-order valence-electron chi connectivity index (χ3n) is 2.90. The zero-order valence-electron chi connectivity index (χ0n) is 10.6. The first-order valence-electron chi connectivity index (χ1n) is 5.98. The van der Waals surface area contributed by atoms with Gasteiger partial charge in [-0.3, -0.25) is 0 Å². The van der Waals surface area contributed by atoms with Gasteiger partial charge in [0.25, 0.3) is 0 Å². The number of rotatable bonds is 7. The van der Waals surface area contributed by atoms with Crippen LogP contribution in [-0.4, -0.2) is 17.2 Å². The first-order chi connectivity index (χ1) is 8.65. The van der Waals surface area contributed by atoms with Crippen LogP contribution in [0, 0.1) is 0 Å². The van der Waals surface area contributed by atoms with Crippen molar-refractivity contribution in [3.63, 3.8) is 0 Å². The van der Waals surface area contributed by atoms with Gasteiger partial charge in [0, 0.05) is 0 Å². The second-order valence-corrected chi connectivity index (χ2v) is 4.12. The average molecular weight is 242 g/mol. The van der Waals surface area contributed by atoms with Crippen molar-refractivity contribution in [2.24, 2.45) is 0 Å². The van der Waals surface area contributed by atoms with Crippen molar-refractivity contribution < 1.29 is 10.0 Å². The molecule has 0 bridgehead atoms. The molecule has 0 saturated heterocycles. The predicted molar refractivity (Wildman–Crippen MR) is 78.0 cm³/mol. The second kappa shape index (κ2) is 6.99. The zero-order chi connectivity index (χ0) is 13.5. The zero-order valence-corrected chi connectivity index (χ0v) is 10.6. The molecule has 0 aliphatic carbocycles. The maximum Gasteiger partial charge on any atom is 0.488 e. The Morgan fingerprint density at radius 1 is 0.889 bits per heavy atom. The Labute approximate surface area is 109 Å². The summed E-state index contributed by atoms with van der Waals surface area (Å²) < 4.78 is 0. The predicted octanol–water partition coefficient (Wildman–Crippen LogP) is 1.55. The Balaban J connectivity index is 3.41. The molecule has 0 spiro atoms. The lowest BCUT2D eigenvalue weighted by Crippen LogP contribution is -2.34. The van der Waals surface area contributed by atoms with E-state index in [0.29, 0.717) is 18.3 Å². The van der Waals surface area contributed by atoms with E-state index in [1.54, 1.807) is 12.1 Å². The Morgan fingerprint density at radius 2 is 1.44 bits per heavy atom. The smallest absolute Gasteiger partial charge is 0.423 e. The van der Waals surface area contributed by atoms with Crippen molar-refractivity contribution in [3.8, 4) is 0 Å². The summed E-state index contributed by atoms with van der Waals surface area (Å²) in [4.78, 5) is 0. The highest BCUT2D eigenvalue weighted by Gasteiger charge is 2.19. The van der Waals surface area contributed by atoms with E-state index in [9.17, 15) is 10.0 Å². The van der Waals surface area contributed by atoms with Crippen molar-refractivity contribution in [1.82, 2.24) is 0 Å². The molecule has 18 heavy (non-hydrogen) atoms. The monoisotopic (exact) mass is 242 g/mol. The minimum atomic E-state index is -1.46. The molecule has 2 nitrogen and oxygen atoms in total. The van der Waals surface area contributed by atoms with Gasteiger partial charge in [-0.15, -0.1) is 19.7 Å². The third kappa shape index (κ3) is 3.22. The highest BCUT2D eigenvalue weighted by Crippen LogP contribution is 2.17. The van der Waals surface area contributed by atoms with E-state index in [1.807, 2.05) is 18.2 Å². The lowest BCUT2D eigenvalue weighted by Gasteiger charge is -2.16. The molecule has 0 atom stereocenters.